The van der Waals surface area contributed by atoms with Gasteiger partial charge in [0.05, 0.1) is 5.56 Å². The first-order valence-electron chi connectivity index (χ1n) is 9.03. The highest BCUT2D eigenvalue weighted by Gasteiger charge is 2.30. The van der Waals surface area contributed by atoms with E-state index in [0.29, 0.717) is 34.6 Å². The predicted octanol–water partition coefficient (Wildman–Crippen LogP) is 6.05. The lowest BCUT2D eigenvalue weighted by molar-refractivity contribution is -0.137. The highest BCUT2D eigenvalue weighted by molar-refractivity contribution is 7.98. The predicted molar refractivity (Wildman–Crippen MR) is 107 cm³/mol. The molecule has 0 amide bonds. The zero-order valence-electron chi connectivity index (χ0n) is 16.1. The number of hydrogen-bond donors (Lipinski definition) is 0. The van der Waals surface area contributed by atoms with Crippen molar-refractivity contribution in [3.63, 3.8) is 0 Å². The van der Waals surface area contributed by atoms with Crippen LogP contribution in [0, 0.1) is 5.82 Å². The maximum Gasteiger partial charge on any atom is 0.416 e. The van der Waals surface area contributed by atoms with Gasteiger partial charge in [0.1, 0.15) is 11.6 Å². The second-order valence-corrected chi connectivity index (χ2v) is 7.38. The Hall–Kier alpha value is -2.81. The van der Waals surface area contributed by atoms with Crippen LogP contribution in [-0.2, 0) is 18.5 Å². The first-order chi connectivity index (χ1) is 14.3. The molecule has 4 nitrogen and oxygen atoms in total. The van der Waals surface area contributed by atoms with E-state index < -0.39 is 17.8 Å². The topological polar surface area (TPSA) is 39.9 Å². The molecule has 0 saturated heterocycles. The summed E-state index contributed by atoms with van der Waals surface area (Å²) >= 11 is 1.28. The monoisotopic (exact) mass is 437 g/mol. The number of allylic oxidation sites excluding steroid dienone is 1. The average Bonchev–Trinajstić information content (AvgIpc) is 3.11. The number of nitrogens with zero attached hydrogens (tertiary/aromatic N) is 3. The van der Waals surface area contributed by atoms with Crippen LogP contribution in [0.4, 0.5) is 17.6 Å². The molecule has 1 unspecified atom stereocenters. The van der Waals surface area contributed by atoms with Gasteiger partial charge in [0, 0.05) is 12.3 Å². The van der Waals surface area contributed by atoms with Crippen molar-refractivity contribution >= 4 is 11.8 Å². The van der Waals surface area contributed by atoms with Crippen LogP contribution in [0.2, 0.25) is 0 Å². The van der Waals surface area contributed by atoms with Gasteiger partial charge in [-0.1, -0.05) is 36.0 Å². The van der Waals surface area contributed by atoms with Gasteiger partial charge in [-0.15, -0.1) is 16.8 Å². The Labute approximate surface area is 175 Å². The third kappa shape index (κ3) is 5.41. The Morgan fingerprint density at radius 1 is 1.17 bits per heavy atom. The normalized spacial score (nSPS) is 12.6. The first kappa shape index (κ1) is 21.9. The Bertz CT molecular complexity index is 1000. The maximum atomic E-state index is 13.1. The molecule has 158 valence electrons. The van der Waals surface area contributed by atoms with Crippen LogP contribution >= 0.6 is 11.8 Å². The second kappa shape index (κ2) is 9.34. The number of thioether (sulfide) groups is 1. The Kier molecular flexibility index (Phi) is 6.81. The molecule has 9 heteroatoms. The van der Waals surface area contributed by atoms with E-state index in [9.17, 15) is 17.6 Å². The molecule has 0 fully saturated rings. The molecule has 1 atom stereocenters. The summed E-state index contributed by atoms with van der Waals surface area (Å²) in [4.78, 5) is 0. The average molecular weight is 437 g/mol. The minimum atomic E-state index is -4.39. The lowest BCUT2D eigenvalue weighted by Gasteiger charge is -2.15. The second-order valence-electron chi connectivity index (χ2n) is 6.44. The number of halogens is 4. The summed E-state index contributed by atoms with van der Waals surface area (Å²) in [5.41, 5.74) is -0.157. The summed E-state index contributed by atoms with van der Waals surface area (Å²) in [6, 6.07) is 10.8. The van der Waals surface area contributed by atoms with Crippen LogP contribution in [0.1, 0.15) is 30.0 Å². The molecule has 3 aromatic rings. The summed E-state index contributed by atoms with van der Waals surface area (Å²) in [6.07, 6.45) is -3.19. The van der Waals surface area contributed by atoms with Crippen molar-refractivity contribution in [1.82, 2.24) is 14.8 Å². The molecule has 0 saturated carbocycles. The van der Waals surface area contributed by atoms with E-state index in [0.717, 1.165) is 12.1 Å². The number of rotatable bonds is 8. The van der Waals surface area contributed by atoms with Crippen LogP contribution in [-0.4, -0.2) is 14.8 Å². The zero-order valence-corrected chi connectivity index (χ0v) is 16.9. The third-order valence-electron chi connectivity index (χ3n) is 4.17. The molecule has 0 radical (unpaired) electrons. The number of hydrogen-bond acceptors (Lipinski definition) is 4. The van der Waals surface area contributed by atoms with Gasteiger partial charge < -0.3 is 4.74 Å². The Morgan fingerprint density at radius 3 is 2.57 bits per heavy atom. The molecule has 0 aliphatic rings. The van der Waals surface area contributed by atoms with Crippen molar-refractivity contribution in [3.05, 3.63) is 84.0 Å². The van der Waals surface area contributed by atoms with Crippen molar-refractivity contribution in [2.24, 2.45) is 0 Å². The van der Waals surface area contributed by atoms with Crippen molar-refractivity contribution in [2.45, 2.75) is 36.7 Å². The number of benzene rings is 2. The van der Waals surface area contributed by atoms with Gasteiger partial charge in [0.2, 0.25) is 0 Å². The Morgan fingerprint density at radius 2 is 1.90 bits per heavy atom. The van der Waals surface area contributed by atoms with E-state index in [4.69, 9.17) is 4.74 Å². The molecule has 0 aliphatic heterocycles. The van der Waals surface area contributed by atoms with Crippen molar-refractivity contribution in [1.29, 1.82) is 0 Å². The van der Waals surface area contributed by atoms with Gasteiger partial charge in [-0.05, 0) is 42.8 Å². The lowest BCUT2D eigenvalue weighted by atomic mass is 10.1. The van der Waals surface area contributed by atoms with Crippen LogP contribution in [0.25, 0.3) is 0 Å². The largest absolute Gasteiger partial charge is 0.483 e. The van der Waals surface area contributed by atoms with Crippen molar-refractivity contribution < 1.29 is 22.3 Å². The molecule has 2 aromatic carbocycles. The molecule has 0 aliphatic carbocycles. The van der Waals surface area contributed by atoms with Gasteiger partial charge in [0.25, 0.3) is 0 Å². The minimum absolute atomic E-state index is 0.298. The van der Waals surface area contributed by atoms with E-state index in [1.165, 1.54) is 42.1 Å². The van der Waals surface area contributed by atoms with Crippen LogP contribution < -0.4 is 4.74 Å². The van der Waals surface area contributed by atoms with E-state index in [1.807, 2.05) is 0 Å². The minimum Gasteiger partial charge on any atom is -0.483 e. The Balaban J connectivity index is 1.75. The summed E-state index contributed by atoms with van der Waals surface area (Å²) in [5, 5.41) is 8.89. The molecule has 1 heterocycles. The number of ether oxygens (including phenoxy) is 1. The fourth-order valence-electron chi connectivity index (χ4n) is 2.76. The van der Waals surface area contributed by atoms with Gasteiger partial charge in [-0.2, -0.15) is 13.2 Å². The van der Waals surface area contributed by atoms with E-state index in [1.54, 1.807) is 23.6 Å². The molecule has 0 bridgehead atoms. The van der Waals surface area contributed by atoms with Gasteiger partial charge >= 0.3 is 6.18 Å². The van der Waals surface area contributed by atoms with Gasteiger partial charge in [0.15, 0.2) is 17.1 Å². The van der Waals surface area contributed by atoms with Crippen LogP contribution in [0.15, 0.2) is 66.3 Å². The molecule has 0 N–H and O–H groups in total. The standard InChI is InChI=1S/C21H19F4N3OS/c1-3-11-28-19(14(2)29-18-9-7-17(22)8-10-18)26-27-20(28)30-13-15-5-4-6-16(12-15)21(23,24)25/h3-10,12,14H,1,11,13H2,2H3. The molecule has 3 rings (SSSR count). The fraction of sp³-hybridized carbons (Fsp3) is 0.238. The van der Waals surface area contributed by atoms with Crippen molar-refractivity contribution in [2.75, 3.05) is 0 Å². The van der Waals surface area contributed by atoms with Crippen molar-refractivity contribution in [3.8, 4) is 5.75 Å². The zero-order chi connectivity index (χ0) is 21.7. The van der Waals surface area contributed by atoms with E-state index in [2.05, 4.69) is 16.8 Å². The highest BCUT2D eigenvalue weighted by Crippen LogP contribution is 2.31. The molecule has 0 spiro atoms. The molecular formula is C21H19F4N3OS. The number of aromatic nitrogens is 3. The van der Waals surface area contributed by atoms with Crippen LogP contribution in [0.5, 0.6) is 5.75 Å². The summed E-state index contributed by atoms with van der Waals surface area (Å²) in [5.74, 6) is 0.950. The third-order valence-corrected chi connectivity index (χ3v) is 5.21. The maximum absolute atomic E-state index is 13.1. The summed E-state index contributed by atoms with van der Waals surface area (Å²) in [7, 11) is 0. The summed E-state index contributed by atoms with van der Waals surface area (Å²) < 4.78 is 59.4. The smallest absolute Gasteiger partial charge is 0.416 e. The van der Waals surface area contributed by atoms with Crippen LogP contribution in [0.3, 0.4) is 0 Å². The van der Waals surface area contributed by atoms with Gasteiger partial charge in [-0.3, -0.25) is 4.57 Å². The quantitative estimate of drug-likeness (QED) is 0.244. The first-order valence-corrected chi connectivity index (χ1v) is 10.0. The molecule has 1 aromatic heterocycles. The lowest BCUT2D eigenvalue weighted by Crippen LogP contribution is -2.12. The number of alkyl halides is 3. The molecular weight excluding hydrogens is 418 g/mol. The van der Waals surface area contributed by atoms with E-state index >= 15 is 0 Å². The molecule has 30 heavy (non-hydrogen) atoms. The highest BCUT2D eigenvalue weighted by atomic mass is 32.2. The fourth-order valence-corrected chi connectivity index (χ4v) is 3.66. The SMILES string of the molecule is C=CCn1c(SCc2cccc(C(F)(F)F)c2)nnc1C(C)Oc1ccc(F)cc1. The van der Waals surface area contributed by atoms with Gasteiger partial charge in [-0.25, -0.2) is 4.39 Å². The summed E-state index contributed by atoms with van der Waals surface area (Å²) in [6.45, 7) is 5.93. The van der Waals surface area contributed by atoms with E-state index in [-0.39, 0.29) is 5.82 Å².